The summed E-state index contributed by atoms with van der Waals surface area (Å²) < 4.78 is 1.14. The van der Waals surface area contributed by atoms with Crippen LogP contribution in [0.2, 0.25) is 0 Å². The second-order valence-electron chi connectivity index (χ2n) is 4.69. The highest BCUT2D eigenvalue weighted by Crippen LogP contribution is 2.31. The molecule has 0 spiro atoms. The zero-order valence-electron chi connectivity index (χ0n) is 10.1. The van der Waals surface area contributed by atoms with Gasteiger partial charge in [0.1, 0.15) is 0 Å². The first kappa shape index (κ1) is 11.6. The van der Waals surface area contributed by atoms with Crippen molar-refractivity contribution in [2.75, 3.05) is 17.2 Å². The van der Waals surface area contributed by atoms with Crippen LogP contribution in [0.15, 0.2) is 46.9 Å². The maximum atomic E-state index is 5.82. The van der Waals surface area contributed by atoms with E-state index in [1.54, 1.807) is 0 Å². The maximum absolute atomic E-state index is 5.82. The molecule has 0 amide bonds. The molecule has 2 nitrogen and oxygen atoms in total. The van der Waals surface area contributed by atoms with Crippen molar-refractivity contribution < 1.29 is 0 Å². The number of nitrogen functional groups attached to an aromatic ring is 1. The van der Waals surface area contributed by atoms with Gasteiger partial charge in [0.05, 0.1) is 0 Å². The molecule has 2 aromatic rings. The van der Waals surface area contributed by atoms with Gasteiger partial charge in [0.2, 0.25) is 0 Å². The Labute approximate surface area is 116 Å². The van der Waals surface area contributed by atoms with Crippen LogP contribution in [0.4, 0.5) is 11.4 Å². The fraction of sp³-hybridized carbons (Fsp3) is 0.200. The summed E-state index contributed by atoms with van der Waals surface area (Å²) in [6, 6.07) is 14.7. The molecule has 0 saturated carbocycles. The zero-order valence-corrected chi connectivity index (χ0v) is 11.7. The molecule has 18 heavy (non-hydrogen) atoms. The number of hydrogen-bond donors (Lipinski definition) is 1. The van der Waals surface area contributed by atoms with Crippen LogP contribution in [0.3, 0.4) is 0 Å². The molecular weight excluding hydrogens is 288 g/mol. The minimum atomic E-state index is 0.859. The molecule has 2 aromatic carbocycles. The third kappa shape index (κ3) is 2.23. The predicted molar refractivity (Wildman–Crippen MR) is 79.8 cm³/mol. The van der Waals surface area contributed by atoms with Crippen LogP contribution < -0.4 is 10.6 Å². The number of rotatable bonds is 2. The Morgan fingerprint density at radius 3 is 2.89 bits per heavy atom. The molecule has 1 heterocycles. The standard InChI is InChI=1S/C15H15BrN2/c16-13-3-1-2-11(8-13)10-18-7-6-12-9-14(17)4-5-15(12)18/h1-5,8-9H,6-7,10,17H2. The third-order valence-corrected chi connectivity index (χ3v) is 3.85. The summed E-state index contributed by atoms with van der Waals surface area (Å²) in [7, 11) is 0. The average molecular weight is 303 g/mol. The average Bonchev–Trinajstić information content (AvgIpc) is 2.72. The van der Waals surface area contributed by atoms with E-state index in [2.05, 4.69) is 57.2 Å². The van der Waals surface area contributed by atoms with E-state index in [9.17, 15) is 0 Å². The van der Waals surface area contributed by atoms with E-state index in [0.717, 1.165) is 29.7 Å². The summed E-state index contributed by atoms with van der Waals surface area (Å²) in [6.07, 6.45) is 1.09. The number of benzene rings is 2. The number of hydrogen-bond acceptors (Lipinski definition) is 2. The molecule has 0 radical (unpaired) electrons. The summed E-state index contributed by atoms with van der Waals surface area (Å²) >= 11 is 3.52. The van der Waals surface area contributed by atoms with Crippen molar-refractivity contribution in [2.24, 2.45) is 0 Å². The summed E-state index contributed by atoms with van der Waals surface area (Å²) in [5.41, 5.74) is 10.7. The molecule has 0 bridgehead atoms. The van der Waals surface area contributed by atoms with E-state index in [1.165, 1.54) is 16.8 Å². The van der Waals surface area contributed by atoms with Crippen molar-refractivity contribution in [3.8, 4) is 0 Å². The highest BCUT2D eigenvalue weighted by molar-refractivity contribution is 9.10. The molecule has 1 aliphatic rings. The van der Waals surface area contributed by atoms with Gasteiger partial charge < -0.3 is 10.6 Å². The van der Waals surface area contributed by atoms with Crippen molar-refractivity contribution >= 4 is 27.3 Å². The topological polar surface area (TPSA) is 29.3 Å². The number of fused-ring (bicyclic) bond motifs is 1. The molecule has 3 rings (SSSR count). The van der Waals surface area contributed by atoms with Gasteiger partial charge in [0.25, 0.3) is 0 Å². The van der Waals surface area contributed by atoms with Gasteiger partial charge in [-0.3, -0.25) is 0 Å². The normalized spacial score (nSPS) is 13.7. The van der Waals surface area contributed by atoms with E-state index in [4.69, 9.17) is 5.73 Å². The number of anilines is 2. The lowest BCUT2D eigenvalue weighted by Gasteiger charge is -2.19. The third-order valence-electron chi connectivity index (χ3n) is 3.36. The molecule has 0 aromatic heterocycles. The van der Waals surface area contributed by atoms with Crippen molar-refractivity contribution in [2.45, 2.75) is 13.0 Å². The minimum absolute atomic E-state index is 0.859. The second kappa shape index (κ2) is 4.65. The van der Waals surface area contributed by atoms with Gasteiger partial charge in [-0.15, -0.1) is 0 Å². The van der Waals surface area contributed by atoms with E-state index < -0.39 is 0 Å². The van der Waals surface area contributed by atoms with Gasteiger partial charge in [0, 0.05) is 28.9 Å². The quantitative estimate of drug-likeness (QED) is 0.859. The highest BCUT2D eigenvalue weighted by atomic mass is 79.9. The molecular formula is C15H15BrN2. The molecule has 1 aliphatic heterocycles. The van der Waals surface area contributed by atoms with Gasteiger partial charge in [0.15, 0.2) is 0 Å². The van der Waals surface area contributed by atoms with E-state index >= 15 is 0 Å². The number of nitrogens with two attached hydrogens (primary N) is 1. The molecule has 0 aliphatic carbocycles. The summed E-state index contributed by atoms with van der Waals surface area (Å²) in [4.78, 5) is 2.41. The van der Waals surface area contributed by atoms with Crippen LogP contribution in [-0.2, 0) is 13.0 Å². The fourth-order valence-corrected chi connectivity index (χ4v) is 2.96. The Morgan fingerprint density at radius 2 is 2.06 bits per heavy atom. The van der Waals surface area contributed by atoms with Gasteiger partial charge in [-0.2, -0.15) is 0 Å². The molecule has 0 atom stereocenters. The summed E-state index contributed by atoms with van der Waals surface area (Å²) in [5.74, 6) is 0. The van der Waals surface area contributed by atoms with Gasteiger partial charge in [-0.05, 0) is 47.9 Å². The van der Waals surface area contributed by atoms with Gasteiger partial charge >= 0.3 is 0 Å². The Bertz CT molecular complexity index is 580. The van der Waals surface area contributed by atoms with Gasteiger partial charge in [-0.25, -0.2) is 0 Å². The molecule has 0 unspecified atom stereocenters. The summed E-state index contributed by atoms with van der Waals surface area (Å²) in [5, 5.41) is 0. The Kier molecular flexibility index (Phi) is 3.00. The van der Waals surface area contributed by atoms with Gasteiger partial charge in [-0.1, -0.05) is 28.1 Å². The minimum Gasteiger partial charge on any atom is -0.399 e. The Morgan fingerprint density at radius 1 is 1.17 bits per heavy atom. The monoisotopic (exact) mass is 302 g/mol. The molecule has 0 fully saturated rings. The lowest BCUT2D eigenvalue weighted by Crippen LogP contribution is -2.19. The Hall–Kier alpha value is -1.48. The largest absolute Gasteiger partial charge is 0.399 e. The highest BCUT2D eigenvalue weighted by Gasteiger charge is 2.18. The predicted octanol–water partition coefficient (Wildman–Crippen LogP) is 3.59. The first-order valence-electron chi connectivity index (χ1n) is 6.10. The second-order valence-corrected chi connectivity index (χ2v) is 5.61. The smallest absolute Gasteiger partial charge is 0.0430 e. The molecule has 3 heteroatoms. The van der Waals surface area contributed by atoms with Crippen molar-refractivity contribution in [1.82, 2.24) is 0 Å². The molecule has 2 N–H and O–H groups in total. The molecule has 92 valence electrons. The van der Waals surface area contributed by atoms with E-state index in [-0.39, 0.29) is 0 Å². The number of nitrogens with zero attached hydrogens (tertiary/aromatic N) is 1. The van der Waals surface area contributed by atoms with Crippen LogP contribution >= 0.6 is 15.9 Å². The van der Waals surface area contributed by atoms with Crippen LogP contribution in [0.25, 0.3) is 0 Å². The fourth-order valence-electron chi connectivity index (χ4n) is 2.51. The first-order valence-corrected chi connectivity index (χ1v) is 6.89. The molecule has 0 saturated heterocycles. The van der Waals surface area contributed by atoms with Crippen LogP contribution in [0.1, 0.15) is 11.1 Å². The van der Waals surface area contributed by atoms with Crippen molar-refractivity contribution in [3.63, 3.8) is 0 Å². The van der Waals surface area contributed by atoms with Crippen LogP contribution in [-0.4, -0.2) is 6.54 Å². The lowest BCUT2D eigenvalue weighted by atomic mass is 10.1. The van der Waals surface area contributed by atoms with Crippen LogP contribution in [0, 0.1) is 0 Å². The van der Waals surface area contributed by atoms with E-state index in [1.807, 2.05) is 6.07 Å². The first-order chi connectivity index (χ1) is 8.72. The SMILES string of the molecule is Nc1ccc2c(c1)CCN2Cc1cccc(Br)c1. The zero-order chi connectivity index (χ0) is 12.5. The van der Waals surface area contributed by atoms with Crippen LogP contribution in [0.5, 0.6) is 0 Å². The number of halogens is 1. The maximum Gasteiger partial charge on any atom is 0.0430 e. The lowest BCUT2D eigenvalue weighted by molar-refractivity contribution is 0.836. The van der Waals surface area contributed by atoms with E-state index in [0.29, 0.717) is 0 Å². The van der Waals surface area contributed by atoms with Crippen molar-refractivity contribution in [1.29, 1.82) is 0 Å². The van der Waals surface area contributed by atoms with Crippen molar-refractivity contribution in [3.05, 3.63) is 58.1 Å². The summed E-state index contributed by atoms with van der Waals surface area (Å²) in [6.45, 7) is 2.03. The Balaban J connectivity index is 1.85.